The average molecular weight is 331 g/mol. The summed E-state index contributed by atoms with van der Waals surface area (Å²) in [4.78, 5) is 6.05. The zero-order chi connectivity index (χ0) is 15.9. The van der Waals surface area contributed by atoms with E-state index in [1.54, 1.807) is 11.1 Å². The van der Waals surface area contributed by atoms with E-state index in [1.807, 2.05) is 18.2 Å². The molecule has 1 aliphatic rings. The smallest absolute Gasteiger partial charge is 0.170 e. The summed E-state index contributed by atoms with van der Waals surface area (Å²) in [6.07, 6.45) is 2.90. The molecule has 6 heteroatoms. The van der Waals surface area contributed by atoms with E-state index in [9.17, 15) is 0 Å². The molecular formula is C17H23N4OS+. The molecule has 0 aliphatic carbocycles. The number of rotatable bonds is 5. The van der Waals surface area contributed by atoms with Crippen molar-refractivity contribution in [2.45, 2.75) is 6.42 Å². The van der Waals surface area contributed by atoms with Crippen LogP contribution in [0.2, 0.25) is 0 Å². The van der Waals surface area contributed by atoms with Crippen LogP contribution in [0.3, 0.4) is 0 Å². The predicted molar refractivity (Wildman–Crippen MR) is 97.0 cm³/mol. The van der Waals surface area contributed by atoms with E-state index < -0.39 is 0 Å². The van der Waals surface area contributed by atoms with Crippen LogP contribution >= 0.6 is 12.2 Å². The van der Waals surface area contributed by atoms with Crippen molar-refractivity contribution in [1.29, 1.82) is 0 Å². The molecule has 2 aromatic rings. The standard InChI is InChI=1S/C17H22N4OS/c23-17(19-8-3-9-21-10-12-22-13-11-21)20-15-6-1-4-14-5-2-7-18-16(14)15/h1-2,4-7H,3,8-13H2,(H2,19,20,23)/p+1. The normalized spacial score (nSPS) is 15.5. The highest BCUT2D eigenvalue weighted by Gasteiger charge is 2.12. The topological polar surface area (TPSA) is 50.6 Å². The Kier molecular flexibility index (Phi) is 5.74. The zero-order valence-corrected chi connectivity index (χ0v) is 14.0. The van der Waals surface area contributed by atoms with Gasteiger partial charge in [-0.05, 0) is 24.4 Å². The maximum Gasteiger partial charge on any atom is 0.170 e. The molecule has 122 valence electrons. The summed E-state index contributed by atoms with van der Waals surface area (Å²) in [6.45, 7) is 6.05. The number of benzene rings is 1. The van der Waals surface area contributed by atoms with E-state index in [2.05, 4.69) is 27.8 Å². The fourth-order valence-electron chi connectivity index (χ4n) is 2.82. The number of aromatic nitrogens is 1. The predicted octanol–water partition coefficient (Wildman–Crippen LogP) is 0.826. The molecule has 0 spiro atoms. The molecule has 2 heterocycles. The molecule has 3 rings (SSSR count). The lowest BCUT2D eigenvalue weighted by Crippen LogP contribution is -3.14. The third-order valence-corrected chi connectivity index (χ3v) is 4.32. The van der Waals surface area contributed by atoms with Gasteiger partial charge >= 0.3 is 0 Å². The van der Waals surface area contributed by atoms with E-state index in [4.69, 9.17) is 17.0 Å². The number of para-hydroxylation sites is 1. The largest absolute Gasteiger partial charge is 0.370 e. The van der Waals surface area contributed by atoms with Gasteiger partial charge in [-0.1, -0.05) is 18.2 Å². The highest BCUT2D eigenvalue weighted by molar-refractivity contribution is 7.80. The van der Waals surface area contributed by atoms with Gasteiger partial charge in [0.2, 0.25) is 0 Å². The van der Waals surface area contributed by atoms with Crippen LogP contribution in [0.4, 0.5) is 5.69 Å². The minimum atomic E-state index is 0.653. The summed E-state index contributed by atoms with van der Waals surface area (Å²) in [6, 6.07) is 10.1. The van der Waals surface area contributed by atoms with Crippen LogP contribution in [0.1, 0.15) is 6.42 Å². The van der Waals surface area contributed by atoms with Gasteiger partial charge in [0.05, 0.1) is 31.0 Å². The first kappa shape index (κ1) is 16.1. The van der Waals surface area contributed by atoms with Crippen LogP contribution in [-0.4, -0.2) is 49.5 Å². The average Bonchev–Trinajstić information content (AvgIpc) is 2.60. The SMILES string of the molecule is S=C(NCCC[NH+]1CCOCC1)Nc1cccc2cccnc12. The number of fused-ring (bicyclic) bond motifs is 1. The van der Waals surface area contributed by atoms with Gasteiger partial charge in [0.1, 0.15) is 13.1 Å². The van der Waals surface area contributed by atoms with Gasteiger partial charge < -0.3 is 20.3 Å². The Morgan fingerprint density at radius 1 is 1.22 bits per heavy atom. The molecule has 1 aromatic carbocycles. The van der Waals surface area contributed by atoms with Crippen molar-refractivity contribution >= 4 is 33.9 Å². The number of anilines is 1. The van der Waals surface area contributed by atoms with Crippen LogP contribution in [0.15, 0.2) is 36.5 Å². The maximum atomic E-state index is 5.39. The molecule has 1 aliphatic heterocycles. The molecule has 1 aromatic heterocycles. The molecule has 0 radical (unpaired) electrons. The first-order chi connectivity index (χ1) is 11.3. The fourth-order valence-corrected chi connectivity index (χ4v) is 3.03. The molecule has 0 amide bonds. The van der Waals surface area contributed by atoms with Crippen molar-refractivity contribution in [3.8, 4) is 0 Å². The second kappa shape index (κ2) is 8.19. The molecule has 3 N–H and O–H groups in total. The number of hydrogen-bond acceptors (Lipinski definition) is 3. The number of ether oxygens (including phenoxy) is 1. The second-order valence-electron chi connectivity index (χ2n) is 5.73. The summed E-state index contributed by atoms with van der Waals surface area (Å²) in [5, 5.41) is 8.30. The van der Waals surface area contributed by atoms with Crippen LogP contribution < -0.4 is 15.5 Å². The molecule has 0 saturated carbocycles. The van der Waals surface area contributed by atoms with Gasteiger partial charge in [0.25, 0.3) is 0 Å². The van der Waals surface area contributed by atoms with Crippen LogP contribution in [0.5, 0.6) is 0 Å². The van der Waals surface area contributed by atoms with Gasteiger partial charge in [-0.3, -0.25) is 4.98 Å². The Hall–Kier alpha value is -1.76. The summed E-state index contributed by atoms with van der Waals surface area (Å²) in [5.41, 5.74) is 1.89. The van der Waals surface area contributed by atoms with E-state index in [0.29, 0.717) is 5.11 Å². The first-order valence-corrected chi connectivity index (χ1v) is 8.54. The Balaban J connectivity index is 1.45. The fraction of sp³-hybridized carbons (Fsp3) is 0.412. The monoisotopic (exact) mass is 331 g/mol. The lowest BCUT2D eigenvalue weighted by molar-refractivity contribution is -0.908. The molecule has 1 saturated heterocycles. The highest BCUT2D eigenvalue weighted by Crippen LogP contribution is 2.20. The Morgan fingerprint density at radius 2 is 2.04 bits per heavy atom. The lowest BCUT2D eigenvalue weighted by Gasteiger charge is -2.23. The quantitative estimate of drug-likeness (QED) is 0.560. The Morgan fingerprint density at radius 3 is 2.91 bits per heavy atom. The maximum absolute atomic E-state index is 5.39. The number of nitrogens with zero attached hydrogens (tertiary/aromatic N) is 1. The summed E-state index contributed by atoms with van der Waals surface area (Å²) in [5.74, 6) is 0. The lowest BCUT2D eigenvalue weighted by atomic mass is 10.2. The third kappa shape index (κ3) is 4.60. The van der Waals surface area contributed by atoms with Crippen LogP contribution in [0, 0.1) is 0 Å². The number of hydrogen-bond donors (Lipinski definition) is 3. The molecule has 0 atom stereocenters. The zero-order valence-electron chi connectivity index (χ0n) is 13.2. The molecule has 0 unspecified atom stereocenters. The van der Waals surface area contributed by atoms with Gasteiger partial charge in [-0.2, -0.15) is 0 Å². The van der Waals surface area contributed by atoms with E-state index in [1.165, 1.54) is 0 Å². The van der Waals surface area contributed by atoms with Crippen LogP contribution in [0.25, 0.3) is 10.9 Å². The van der Waals surface area contributed by atoms with Crippen molar-refractivity contribution in [3.63, 3.8) is 0 Å². The van der Waals surface area contributed by atoms with Gasteiger partial charge in [0, 0.05) is 24.5 Å². The van der Waals surface area contributed by atoms with E-state index >= 15 is 0 Å². The third-order valence-electron chi connectivity index (χ3n) is 4.07. The van der Waals surface area contributed by atoms with Crippen LogP contribution in [-0.2, 0) is 4.74 Å². The first-order valence-electron chi connectivity index (χ1n) is 8.13. The Bertz CT molecular complexity index is 653. The number of morpholine rings is 1. The van der Waals surface area contributed by atoms with Crippen molar-refractivity contribution in [2.24, 2.45) is 0 Å². The van der Waals surface area contributed by atoms with E-state index in [0.717, 1.165) is 62.4 Å². The highest BCUT2D eigenvalue weighted by atomic mass is 32.1. The number of nitrogens with one attached hydrogen (secondary N) is 3. The van der Waals surface area contributed by atoms with Crippen molar-refractivity contribution < 1.29 is 9.64 Å². The second-order valence-corrected chi connectivity index (χ2v) is 6.14. The number of pyridine rings is 1. The molecule has 5 nitrogen and oxygen atoms in total. The van der Waals surface area contributed by atoms with Gasteiger partial charge in [-0.25, -0.2) is 0 Å². The Labute approximate surface area is 142 Å². The summed E-state index contributed by atoms with van der Waals surface area (Å²) < 4.78 is 5.37. The minimum Gasteiger partial charge on any atom is -0.370 e. The number of quaternary nitrogens is 1. The summed E-state index contributed by atoms with van der Waals surface area (Å²) in [7, 11) is 0. The molecule has 0 bridgehead atoms. The van der Waals surface area contributed by atoms with Crippen molar-refractivity contribution in [3.05, 3.63) is 36.5 Å². The van der Waals surface area contributed by atoms with Crippen molar-refractivity contribution in [1.82, 2.24) is 10.3 Å². The summed E-state index contributed by atoms with van der Waals surface area (Å²) >= 11 is 5.39. The van der Waals surface area contributed by atoms with E-state index in [-0.39, 0.29) is 0 Å². The van der Waals surface area contributed by atoms with Crippen molar-refractivity contribution in [2.75, 3.05) is 44.7 Å². The number of thiocarbonyl (C=S) groups is 1. The van der Waals surface area contributed by atoms with Gasteiger partial charge in [0.15, 0.2) is 5.11 Å². The molecule has 23 heavy (non-hydrogen) atoms. The molecule has 1 fully saturated rings. The molecular weight excluding hydrogens is 308 g/mol. The minimum absolute atomic E-state index is 0.653. The van der Waals surface area contributed by atoms with Gasteiger partial charge in [-0.15, -0.1) is 0 Å².